The van der Waals surface area contributed by atoms with Crippen molar-refractivity contribution >= 4 is 16.2 Å². The second-order valence-electron chi connectivity index (χ2n) is 4.10. The molecule has 0 aromatic rings. The van der Waals surface area contributed by atoms with Crippen molar-refractivity contribution in [1.29, 1.82) is 0 Å². The minimum atomic E-state index is -3.63. The highest BCUT2D eigenvalue weighted by Crippen LogP contribution is 2.21. The molecule has 94 valence electrons. The molecule has 1 aliphatic rings. The highest BCUT2D eigenvalue weighted by atomic mass is 32.2. The third-order valence-corrected chi connectivity index (χ3v) is 4.70. The molecule has 0 radical (unpaired) electrons. The molecule has 1 N–H and O–H groups in total. The maximum atomic E-state index is 11.9. The number of aliphatic carboxylic acids is 1. The molecule has 6 nitrogen and oxygen atoms in total. The van der Waals surface area contributed by atoms with Crippen molar-refractivity contribution < 1.29 is 18.3 Å². The average Bonchev–Trinajstić information content (AvgIpc) is 2.42. The molecule has 0 saturated carbocycles. The molecular formula is C9H18N2O4S. The van der Waals surface area contributed by atoms with Crippen molar-refractivity contribution in [2.24, 2.45) is 0 Å². The van der Waals surface area contributed by atoms with E-state index in [1.807, 2.05) is 0 Å². The molecule has 0 amide bonds. The lowest BCUT2D eigenvalue weighted by molar-refractivity contribution is -0.141. The van der Waals surface area contributed by atoms with Gasteiger partial charge in [-0.1, -0.05) is 12.8 Å². The zero-order valence-electron chi connectivity index (χ0n) is 9.59. The Balaban J connectivity index is 3.01. The van der Waals surface area contributed by atoms with Crippen molar-refractivity contribution in [3.8, 4) is 0 Å². The zero-order valence-corrected chi connectivity index (χ0v) is 10.4. The topological polar surface area (TPSA) is 77.9 Å². The normalized spacial score (nSPS) is 24.3. The molecule has 0 aromatic carbocycles. The van der Waals surface area contributed by atoms with Crippen LogP contribution in [0.25, 0.3) is 0 Å². The van der Waals surface area contributed by atoms with Gasteiger partial charge >= 0.3 is 5.97 Å². The van der Waals surface area contributed by atoms with Crippen LogP contribution >= 0.6 is 0 Å². The van der Waals surface area contributed by atoms with Crippen LogP contribution in [0.4, 0.5) is 0 Å². The standard InChI is InChI=1S/C9H18N2O4S/c1-10(2)16(14,15)11-7-5-3-4-6-8(11)9(12)13/h8H,3-7H2,1-2H3,(H,12,13). The fourth-order valence-electron chi connectivity index (χ4n) is 1.81. The van der Waals surface area contributed by atoms with Gasteiger partial charge in [0, 0.05) is 20.6 Å². The van der Waals surface area contributed by atoms with Crippen LogP contribution < -0.4 is 0 Å². The molecule has 1 atom stereocenters. The van der Waals surface area contributed by atoms with Crippen molar-refractivity contribution in [2.75, 3.05) is 20.6 Å². The summed E-state index contributed by atoms with van der Waals surface area (Å²) in [5.74, 6) is -1.06. The first-order valence-electron chi connectivity index (χ1n) is 5.29. The van der Waals surface area contributed by atoms with E-state index in [2.05, 4.69) is 0 Å². The maximum absolute atomic E-state index is 11.9. The molecular weight excluding hydrogens is 232 g/mol. The van der Waals surface area contributed by atoms with E-state index in [1.165, 1.54) is 14.1 Å². The van der Waals surface area contributed by atoms with Crippen LogP contribution in [0.3, 0.4) is 0 Å². The second-order valence-corrected chi connectivity index (χ2v) is 6.20. The Morgan fingerprint density at radius 3 is 2.44 bits per heavy atom. The number of carbonyl (C=O) groups is 1. The molecule has 7 heteroatoms. The van der Waals surface area contributed by atoms with Gasteiger partial charge < -0.3 is 5.11 Å². The van der Waals surface area contributed by atoms with Crippen molar-refractivity contribution in [1.82, 2.24) is 8.61 Å². The summed E-state index contributed by atoms with van der Waals surface area (Å²) in [6.07, 6.45) is 2.75. The van der Waals surface area contributed by atoms with Crippen LogP contribution in [-0.2, 0) is 15.0 Å². The quantitative estimate of drug-likeness (QED) is 0.772. The van der Waals surface area contributed by atoms with Crippen LogP contribution in [0.15, 0.2) is 0 Å². The molecule has 0 aromatic heterocycles. The van der Waals surface area contributed by atoms with Gasteiger partial charge in [-0.25, -0.2) is 0 Å². The van der Waals surface area contributed by atoms with E-state index in [1.54, 1.807) is 0 Å². The van der Waals surface area contributed by atoms with Crippen molar-refractivity contribution in [3.05, 3.63) is 0 Å². The van der Waals surface area contributed by atoms with Gasteiger partial charge in [-0.15, -0.1) is 0 Å². The van der Waals surface area contributed by atoms with Gasteiger partial charge in [-0.2, -0.15) is 17.0 Å². The second kappa shape index (κ2) is 5.11. The van der Waals surface area contributed by atoms with Gasteiger partial charge in [0.05, 0.1) is 0 Å². The summed E-state index contributed by atoms with van der Waals surface area (Å²) in [6, 6.07) is -0.921. The van der Waals surface area contributed by atoms with Gasteiger partial charge in [-0.3, -0.25) is 4.79 Å². The first kappa shape index (κ1) is 13.4. The van der Waals surface area contributed by atoms with Gasteiger partial charge in [0.15, 0.2) is 0 Å². The molecule has 0 aliphatic carbocycles. The van der Waals surface area contributed by atoms with Gasteiger partial charge in [0.2, 0.25) is 0 Å². The van der Waals surface area contributed by atoms with E-state index in [0.29, 0.717) is 6.42 Å². The molecule has 1 saturated heterocycles. The van der Waals surface area contributed by atoms with E-state index >= 15 is 0 Å². The smallest absolute Gasteiger partial charge is 0.322 e. The molecule has 0 spiro atoms. The number of hydrogen-bond donors (Lipinski definition) is 1. The van der Waals surface area contributed by atoms with Crippen LogP contribution in [0.2, 0.25) is 0 Å². The summed E-state index contributed by atoms with van der Waals surface area (Å²) in [5, 5.41) is 9.05. The Morgan fingerprint density at radius 2 is 1.94 bits per heavy atom. The molecule has 16 heavy (non-hydrogen) atoms. The fraction of sp³-hybridized carbons (Fsp3) is 0.889. The van der Waals surface area contributed by atoms with E-state index < -0.39 is 22.2 Å². The van der Waals surface area contributed by atoms with Crippen LogP contribution in [0.5, 0.6) is 0 Å². The van der Waals surface area contributed by atoms with E-state index in [4.69, 9.17) is 5.11 Å². The Hall–Kier alpha value is -0.660. The largest absolute Gasteiger partial charge is 0.480 e. The summed E-state index contributed by atoms with van der Waals surface area (Å²) in [4.78, 5) is 11.1. The maximum Gasteiger partial charge on any atom is 0.322 e. The Morgan fingerprint density at radius 1 is 1.31 bits per heavy atom. The first-order valence-corrected chi connectivity index (χ1v) is 6.69. The predicted molar refractivity (Wildman–Crippen MR) is 59.2 cm³/mol. The SMILES string of the molecule is CN(C)S(=O)(=O)N1CCCCCC1C(=O)O. The Bertz CT molecular complexity index is 353. The Kier molecular flexibility index (Phi) is 4.28. The first-order chi connectivity index (χ1) is 7.37. The van der Waals surface area contributed by atoms with E-state index in [0.717, 1.165) is 27.9 Å². The minimum absolute atomic E-state index is 0.289. The van der Waals surface area contributed by atoms with Crippen molar-refractivity contribution in [2.45, 2.75) is 31.7 Å². The fourth-order valence-corrected chi connectivity index (χ4v) is 3.11. The summed E-state index contributed by atoms with van der Waals surface area (Å²) in [6.45, 7) is 0.289. The van der Waals surface area contributed by atoms with Crippen molar-refractivity contribution in [3.63, 3.8) is 0 Å². The van der Waals surface area contributed by atoms with Crippen LogP contribution in [0, 0.1) is 0 Å². The number of hydrogen-bond acceptors (Lipinski definition) is 3. The highest BCUT2D eigenvalue weighted by Gasteiger charge is 2.36. The molecule has 1 rings (SSSR count). The minimum Gasteiger partial charge on any atom is -0.480 e. The third-order valence-electron chi connectivity index (χ3n) is 2.75. The summed E-state index contributed by atoms with van der Waals surface area (Å²) in [7, 11) is -0.800. The molecule has 1 heterocycles. The molecule has 0 bridgehead atoms. The lowest BCUT2D eigenvalue weighted by Crippen LogP contribution is -2.49. The van der Waals surface area contributed by atoms with Crippen LogP contribution in [-0.4, -0.2) is 54.8 Å². The zero-order chi connectivity index (χ0) is 12.3. The van der Waals surface area contributed by atoms with Gasteiger partial charge in [0.1, 0.15) is 6.04 Å². The molecule has 1 fully saturated rings. The number of carboxylic acids is 1. The summed E-state index contributed by atoms with van der Waals surface area (Å²) in [5.41, 5.74) is 0. The monoisotopic (exact) mass is 250 g/mol. The van der Waals surface area contributed by atoms with Crippen LogP contribution in [0.1, 0.15) is 25.7 Å². The molecule has 1 aliphatic heterocycles. The summed E-state index contributed by atoms with van der Waals surface area (Å²) >= 11 is 0. The number of carboxylic acid groups (broad SMARTS) is 1. The van der Waals surface area contributed by atoms with Gasteiger partial charge in [-0.05, 0) is 12.8 Å². The van der Waals surface area contributed by atoms with Gasteiger partial charge in [0.25, 0.3) is 10.2 Å². The average molecular weight is 250 g/mol. The third kappa shape index (κ3) is 2.72. The lowest BCUT2D eigenvalue weighted by atomic mass is 10.1. The van der Waals surface area contributed by atoms with E-state index in [9.17, 15) is 13.2 Å². The molecule has 1 unspecified atom stereocenters. The number of nitrogens with zero attached hydrogens (tertiary/aromatic N) is 2. The van der Waals surface area contributed by atoms with E-state index in [-0.39, 0.29) is 6.54 Å². The number of rotatable bonds is 3. The highest BCUT2D eigenvalue weighted by molar-refractivity contribution is 7.86. The Labute approximate surface area is 96.0 Å². The summed E-state index contributed by atoms with van der Waals surface area (Å²) < 4.78 is 26.0. The lowest BCUT2D eigenvalue weighted by Gasteiger charge is -2.28. The predicted octanol–water partition coefficient (Wildman–Crippen LogP) is 0.122.